The molecule has 0 spiro atoms. The molecule has 0 bridgehead atoms. The lowest BCUT2D eigenvalue weighted by atomic mass is 10.2. The van der Waals surface area contributed by atoms with Crippen LogP contribution in [-0.4, -0.2) is 41.6 Å². The lowest BCUT2D eigenvalue weighted by Crippen LogP contribution is -2.35. The summed E-state index contributed by atoms with van der Waals surface area (Å²) in [6.07, 6.45) is 2.50. The van der Waals surface area contributed by atoms with Gasteiger partial charge in [0.15, 0.2) is 0 Å². The molecule has 1 unspecified atom stereocenters. The Hall–Kier alpha value is -1.13. The van der Waals surface area contributed by atoms with Crippen molar-refractivity contribution >= 4 is 17.5 Å². The van der Waals surface area contributed by atoms with Crippen LogP contribution in [-0.2, 0) is 4.74 Å². The Morgan fingerprint density at radius 1 is 1.65 bits per heavy atom. The number of hydrogen-bond acceptors (Lipinski definition) is 3. The number of nitrogens with zero attached hydrogens (tertiary/aromatic N) is 2. The first-order chi connectivity index (χ1) is 8.16. The summed E-state index contributed by atoms with van der Waals surface area (Å²) in [6, 6.07) is 3.28. The molecule has 2 heterocycles. The summed E-state index contributed by atoms with van der Waals surface area (Å²) in [4.78, 5) is 17.9. The minimum absolute atomic E-state index is 0.00773. The van der Waals surface area contributed by atoms with Crippen molar-refractivity contribution in [2.45, 2.75) is 19.4 Å². The Balaban J connectivity index is 2.13. The van der Waals surface area contributed by atoms with Crippen LogP contribution in [0.5, 0.6) is 0 Å². The fraction of sp³-hybridized carbons (Fsp3) is 0.500. The predicted molar refractivity (Wildman–Crippen MR) is 65.2 cm³/mol. The van der Waals surface area contributed by atoms with Gasteiger partial charge in [-0.3, -0.25) is 4.79 Å². The van der Waals surface area contributed by atoms with Crippen molar-refractivity contribution in [1.29, 1.82) is 0 Å². The third-order valence-corrected chi connectivity index (χ3v) is 2.92. The van der Waals surface area contributed by atoms with Crippen LogP contribution in [0.25, 0.3) is 0 Å². The molecule has 1 fully saturated rings. The van der Waals surface area contributed by atoms with Gasteiger partial charge in [0.1, 0.15) is 5.15 Å². The molecule has 0 radical (unpaired) electrons. The molecule has 0 saturated carbocycles. The summed E-state index contributed by atoms with van der Waals surface area (Å²) in [6.45, 7) is 4.04. The Morgan fingerprint density at radius 2 is 2.47 bits per heavy atom. The standard InChI is InChI=1S/C12H15ClN2O2/c1-9-8-15(5-2-6-17-9)12(16)10-3-4-14-11(13)7-10/h3-4,7,9H,2,5-6,8H2,1H3. The minimum Gasteiger partial charge on any atom is -0.377 e. The van der Waals surface area contributed by atoms with Crippen molar-refractivity contribution in [3.05, 3.63) is 29.0 Å². The molecule has 1 aromatic heterocycles. The van der Waals surface area contributed by atoms with Gasteiger partial charge >= 0.3 is 0 Å². The molecule has 4 nitrogen and oxygen atoms in total. The van der Waals surface area contributed by atoms with Gasteiger partial charge in [0.25, 0.3) is 5.91 Å². The van der Waals surface area contributed by atoms with E-state index in [1.165, 1.54) is 0 Å². The Labute approximate surface area is 106 Å². The average molecular weight is 255 g/mol. The molecule has 1 amide bonds. The first-order valence-electron chi connectivity index (χ1n) is 5.69. The van der Waals surface area contributed by atoms with Crippen molar-refractivity contribution in [3.8, 4) is 0 Å². The van der Waals surface area contributed by atoms with Crippen LogP contribution in [0.1, 0.15) is 23.7 Å². The molecule has 0 N–H and O–H groups in total. The molecule has 0 aliphatic carbocycles. The lowest BCUT2D eigenvalue weighted by molar-refractivity contribution is 0.0562. The molecule has 1 aliphatic rings. The Kier molecular flexibility index (Phi) is 3.97. The summed E-state index contributed by atoms with van der Waals surface area (Å²) in [7, 11) is 0. The largest absolute Gasteiger partial charge is 0.377 e. The van der Waals surface area contributed by atoms with E-state index in [0.29, 0.717) is 23.9 Å². The van der Waals surface area contributed by atoms with E-state index in [2.05, 4.69) is 4.98 Å². The molecule has 1 aromatic rings. The molecular formula is C12H15ClN2O2. The second kappa shape index (κ2) is 5.47. The van der Waals surface area contributed by atoms with E-state index in [1.807, 2.05) is 11.8 Å². The topological polar surface area (TPSA) is 42.4 Å². The minimum atomic E-state index is -0.00773. The highest BCUT2D eigenvalue weighted by Gasteiger charge is 2.21. The summed E-state index contributed by atoms with van der Waals surface area (Å²) >= 11 is 5.78. The zero-order valence-corrected chi connectivity index (χ0v) is 10.5. The SMILES string of the molecule is CC1CN(C(=O)c2ccnc(Cl)c2)CCCO1. The van der Waals surface area contributed by atoms with Crippen molar-refractivity contribution in [2.24, 2.45) is 0 Å². The summed E-state index contributed by atoms with van der Waals surface area (Å²) < 4.78 is 5.51. The molecule has 2 rings (SSSR count). The van der Waals surface area contributed by atoms with Gasteiger partial charge in [-0.25, -0.2) is 4.98 Å². The van der Waals surface area contributed by atoms with Gasteiger partial charge in [0.2, 0.25) is 0 Å². The molecule has 1 aliphatic heterocycles. The molecular weight excluding hydrogens is 240 g/mol. The number of carbonyl (C=O) groups excluding carboxylic acids is 1. The maximum absolute atomic E-state index is 12.2. The lowest BCUT2D eigenvalue weighted by Gasteiger charge is -2.22. The highest BCUT2D eigenvalue weighted by atomic mass is 35.5. The van der Waals surface area contributed by atoms with Gasteiger partial charge in [-0.05, 0) is 25.5 Å². The average Bonchev–Trinajstić information content (AvgIpc) is 2.53. The van der Waals surface area contributed by atoms with E-state index >= 15 is 0 Å². The smallest absolute Gasteiger partial charge is 0.254 e. The highest BCUT2D eigenvalue weighted by Crippen LogP contribution is 2.13. The van der Waals surface area contributed by atoms with Crippen molar-refractivity contribution in [2.75, 3.05) is 19.7 Å². The van der Waals surface area contributed by atoms with E-state index < -0.39 is 0 Å². The fourth-order valence-electron chi connectivity index (χ4n) is 1.90. The number of aromatic nitrogens is 1. The molecule has 17 heavy (non-hydrogen) atoms. The second-order valence-electron chi connectivity index (χ2n) is 4.15. The normalized spacial score (nSPS) is 21.1. The van der Waals surface area contributed by atoms with Crippen LogP contribution >= 0.6 is 11.6 Å². The maximum atomic E-state index is 12.2. The predicted octanol–water partition coefficient (Wildman–Crippen LogP) is 1.99. The number of amides is 1. The van der Waals surface area contributed by atoms with Gasteiger partial charge in [0, 0.05) is 31.5 Å². The van der Waals surface area contributed by atoms with Crippen LogP contribution in [0.15, 0.2) is 18.3 Å². The van der Waals surface area contributed by atoms with E-state index in [0.717, 1.165) is 13.0 Å². The van der Waals surface area contributed by atoms with Crippen molar-refractivity contribution < 1.29 is 9.53 Å². The Morgan fingerprint density at radius 3 is 3.24 bits per heavy atom. The number of rotatable bonds is 1. The number of hydrogen-bond donors (Lipinski definition) is 0. The fourth-order valence-corrected chi connectivity index (χ4v) is 2.07. The van der Waals surface area contributed by atoms with Gasteiger partial charge in [-0.1, -0.05) is 11.6 Å². The maximum Gasteiger partial charge on any atom is 0.254 e. The van der Waals surface area contributed by atoms with Crippen molar-refractivity contribution in [3.63, 3.8) is 0 Å². The van der Waals surface area contributed by atoms with Crippen LogP contribution < -0.4 is 0 Å². The van der Waals surface area contributed by atoms with Gasteiger partial charge in [-0.15, -0.1) is 0 Å². The molecule has 0 aromatic carbocycles. The Bertz CT molecular complexity index is 411. The third kappa shape index (κ3) is 3.17. The molecule has 5 heteroatoms. The zero-order valence-electron chi connectivity index (χ0n) is 9.73. The number of pyridine rings is 1. The van der Waals surface area contributed by atoms with E-state index in [4.69, 9.17) is 16.3 Å². The first kappa shape index (κ1) is 12.3. The molecule has 1 saturated heterocycles. The van der Waals surface area contributed by atoms with Gasteiger partial charge in [-0.2, -0.15) is 0 Å². The van der Waals surface area contributed by atoms with Crippen molar-refractivity contribution in [1.82, 2.24) is 9.88 Å². The highest BCUT2D eigenvalue weighted by molar-refractivity contribution is 6.29. The van der Waals surface area contributed by atoms with E-state index in [1.54, 1.807) is 18.3 Å². The van der Waals surface area contributed by atoms with Crippen LogP contribution in [0.4, 0.5) is 0 Å². The van der Waals surface area contributed by atoms with Gasteiger partial charge < -0.3 is 9.64 Å². The van der Waals surface area contributed by atoms with Crippen LogP contribution in [0, 0.1) is 0 Å². The second-order valence-corrected chi connectivity index (χ2v) is 4.54. The number of halogens is 1. The zero-order chi connectivity index (χ0) is 12.3. The van der Waals surface area contributed by atoms with E-state index in [9.17, 15) is 4.79 Å². The number of carbonyl (C=O) groups is 1. The van der Waals surface area contributed by atoms with Crippen LogP contribution in [0.3, 0.4) is 0 Å². The summed E-state index contributed by atoms with van der Waals surface area (Å²) in [5, 5.41) is 0.343. The number of ether oxygens (including phenoxy) is 1. The summed E-state index contributed by atoms with van der Waals surface area (Å²) in [5.74, 6) is -0.00773. The molecule has 92 valence electrons. The first-order valence-corrected chi connectivity index (χ1v) is 6.07. The quantitative estimate of drug-likeness (QED) is 0.720. The van der Waals surface area contributed by atoms with Crippen LogP contribution in [0.2, 0.25) is 5.15 Å². The van der Waals surface area contributed by atoms with E-state index in [-0.39, 0.29) is 12.0 Å². The molecule has 1 atom stereocenters. The monoisotopic (exact) mass is 254 g/mol. The third-order valence-electron chi connectivity index (χ3n) is 2.71. The van der Waals surface area contributed by atoms with Gasteiger partial charge in [0.05, 0.1) is 6.10 Å². The summed E-state index contributed by atoms with van der Waals surface area (Å²) in [5.41, 5.74) is 0.583.